The van der Waals surface area contributed by atoms with Crippen LogP contribution in [0.4, 0.5) is 0 Å². The fraction of sp³-hybridized carbons (Fsp3) is 0.409. The van der Waals surface area contributed by atoms with Crippen molar-refractivity contribution in [3.8, 4) is 5.75 Å². The second-order valence-electron chi connectivity index (χ2n) is 7.24. The standard InChI is InChI=1S/C22H27BrN2O/c1-4-12-22(3)24-19(16-8-6-15(5-2)7-9-16)14-20(25-22)18-13-17(23)10-11-21(18)26/h6-11,13,20,25-26H,4-5,12,14H2,1-3H3/t20-,22+/m0/s1. The second-order valence-corrected chi connectivity index (χ2v) is 8.15. The lowest BCUT2D eigenvalue weighted by Gasteiger charge is -2.38. The van der Waals surface area contributed by atoms with E-state index in [1.54, 1.807) is 6.07 Å². The summed E-state index contributed by atoms with van der Waals surface area (Å²) in [7, 11) is 0. The maximum atomic E-state index is 10.4. The number of phenolic OH excluding ortho intramolecular Hbond substituents is 1. The maximum absolute atomic E-state index is 10.4. The lowest BCUT2D eigenvalue weighted by Crippen LogP contribution is -2.47. The highest BCUT2D eigenvalue weighted by molar-refractivity contribution is 9.10. The van der Waals surface area contributed by atoms with E-state index in [9.17, 15) is 5.11 Å². The molecule has 0 amide bonds. The smallest absolute Gasteiger partial charge is 0.120 e. The van der Waals surface area contributed by atoms with Gasteiger partial charge in [-0.1, -0.05) is 60.5 Å². The SMILES string of the molecule is CCC[C@]1(C)N=C(c2ccc(CC)cc2)C[C@@H](c2cc(Br)ccc2O)N1. The van der Waals surface area contributed by atoms with Gasteiger partial charge in [0.25, 0.3) is 0 Å². The van der Waals surface area contributed by atoms with Gasteiger partial charge in [0.05, 0.1) is 0 Å². The van der Waals surface area contributed by atoms with Crippen molar-refractivity contribution in [2.75, 3.05) is 0 Å². The molecule has 2 aromatic rings. The van der Waals surface area contributed by atoms with Crippen LogP contribution in [0.1, 0.15) is 62.8 Å². The van der Waals surface area contributed by atoms with Crippen LogP contribution >= 0.6 is 15.9 Å². The van der Waals surface area contributed by atoms with Gasteiger partial charge in [-0.05, 0) is 49.1 Å². The number of halogens is 1. The van der Waals surface area contributed by atoms with E-state index in [0.29, 0.717) is 5.75 Å². The van der Waals surface area contributed by atoms with E-state index in [4.69, 9.17) is 4.99 Å². The minimum Gasteiger partial charge on any atom is -0.508 e. The van der Waals surface area contributed by atoms with Crippen LogP contribution in [0.5, 0.6) is 5.75 Å². The normalized spacial score (nSPS) is 22.9. The molecule has 0 saturated carbocycles. The predicted molar refractivity (Wildman–Crippen MR) is 112 cm³/mol. The van der Waals surface area contributed by atoms with Crippen LogP contribution in [0.2, 0.25) is 0 Å². The van der Waals surface area contributed by atoms with Gasteiger partial charge in [0.1, 0.15) is 11.4 Å². The first-order valence-electron chi connectivity index (χ1n) is 9.38. The number of benzene rings is 2. The van der Waals surface area contributed by atoms with E-state index in [2.05, 4.69) is 66.3 Å². The molecule has 1 heterocycles. The van der Waals surface area contributed by atoms with Gasteiger partial charge in [0.2, 0.25) is 0 Å². The van der Waals surface area contributed by atoms with Crippen LogP contribution in [-0.2, 0) is 6.42 Å². The Bertz CT molecular complexity index is 800. The molecule has 0 spiro atoms. The zero-order chi connectivity index (χ0) is 18.7. The quantitative estimate of drug-likeness (QED) is 0.653. The third kappa shape index (κ3) is 4.18. The molecule has 1 aliphatic rings. The molecule has 1 aliphatic heterocycles. The van der Waals surface area contributed by atoms with Crippen molar-refractivity contribution in [3.05, 3.63) is 63.6 Å². The molecule has 2 aromatic carbocycles. The summed E-state index contributed by atoms with van der Waals surface area (Å²) in [5.41, 5.74) is 4.20. The Morgan fingerprint density at radius 2 is 1.92 bits per heavy atom. The molecule has 0 fully saturated rings. The summed E-state index contributed by atoms with van der Waals surface area (Å²) in [4.78, 5) is 5.07. The average Bonchev–Trinajstić information content (AvgIpc) is 2.63. The first-order valence-corrected chi connectivity index (χ1v) is 10.2. The first-order chi connectivity index (χ1) is 12.4. The summed E-state index contributed by atoms with van der Waals surface area (Å²) < 4.78 is 0.973. The van der Waals surface area contributed by atoms with Gasteiger partial charge in [0.15, 0.2) is 0 Å². The summed E-state index contributed by atoms with van der Waals surface area (Å²) >= 11 is 3.53. The van der Waals surface area contributed by atoms with Crippen molar-refractivity contribution in [2.45, 2.75) is 58.2 Å². The van der Waals surface area contributed by atoms with Crippen LogP contribution in [0.25, 0.3) is 0 Å². The minimum atomic E-state index is -0.328. The number of nitrogens with zero attached hydrogens (tertiary/aromatic N) is 1. The molecule has 26 heavy (non-hydrogen) atoms. The number of hydrogen-bond donors (Lipinski definition) is 2. The zero-order valence-electron chi connectivity index (χ0n) is 15.7. The average molecular weight is 415 g/mol. The van der Waals surface area contributed by atoms with Crippen LogP contribution in [0, 0.1) is 0 Å². The number of aryl methyl sites for hydroxylation is 1. The van der Waals surface area contributed by atoms with Gasteiger partial charge in [-0.3, -0.25) is 10.3 Å². The predicted octanol–water partition coefficient (Wildman–Crippen LogP) is 5.76. The molecule has 0 aliphatic carbocycles. The van der Waals surface area contributed by atoms with Crippen LogP contribution < -0.4 is 5.32 Å². The van der Waals surface area contributed by atoms with Crippen LogP contribution in [0.3, 0.4) is 0 Å². The molecule has 2 atom stereocenters. The third-order valence-electron chi connectivity index (χ3n) is 5.06. The third-order valence-corrected chi connectivity index (χ3v) is 5.55. The molecular weight excluding hydrogens is 388 g/mol. The molecule has 138 valence electrons. The minimum absolute atomic E-state index is 0.0300. The Morgan fingerprint density at radius 1 is 1.19 bits per heavy atom. The van der Waals surface area contributed by atoms with Crippen molar-refractivity contribution in [2.24, 2.45) is 4.99 Å². The summed E-state index contributed by atoms with van der Waals surface area (Å²) in [6.45, 7) is 6.50. The lowest BCUT2D eigenvalue weighted by atomic mass is 9.90. The number of phenols is 1. The first kappa shape index (κ1) is 19.1. The number of aromatic hydroxyl groups is 1. The number of hydrogen-bond acceptors (Lipinski definition) is 3. The summed E-state index contributed by atoms with van der Waals surface area (Å²) in [5, 5.41) is 14.1. The lowest BCUT2D eigenvalue weighted by molar-refractivity contribution is 0.283. The van der Waals surface area contributed by atoms with E-state index in [-0.39, 0.29) is 11.7 Å². The fourth-order valence-electron chi connectivity index (χ4n) is 3.72. The topological polar surface area (TPSA) is 44.6 Å². The van der Waals surface area contributed by atoms with E-state index in [0.717, 1.165) is 41.4 Å². The molecule has 0 bridgehead atoms. The van der Waals surface area contributed by atoms with Gasteiger partial charge >= 0.3 is 0 Å². The Labute approximate surface area is 164 Å². The largest absolute Gasteiger partial charge is 0.508 e. The fourth-order valence-corrected chi connectivity index (χ4v) is 4.10. The van der Waals surface area contributed by atoms with Crippen molar-refractivity contribution in [1.82, 2.24) is 5.32 Å². The molecule has 2 N–H and O–H groups in total. The summed E-state index contributed by atoms with van der Waals surface area (Å²) in [5.74, 6) is 0.326. The Balaban J connectivity index is 1.99. The Hall–Kier alpha value is -1.65. The molecule has 3 rings (SSSR count). The van der Waals surface area contributed by atoms with Gasteiger partial charge in [-0.15, -0.1) is 0 Å². The van der Waals surface area contributed by atoms with Crippen molar-refractivity contribution in [3.63, 3.8) is 0 Å². The summed E-state index contributed by atoms with van der Waals surface area (Å²) in [6.07, 6.45) is 3.80. The van der Waals surface area contributed by atoms with E-state index in [1.165, 1.54) is 11.1 Å². The second kappa shape index (κ2) is 7.93. The molecule has 0 radical (unpaired) electrons. The van der Waals surface area contributed by atoms with Gasteiger partial charge in [-0.2, -0.15) is 0 Å². The number of aliphatic imine (C=N–C) groups is 1. The van der Waals surface area contributed by atoms with E-state index >= 15 is 0 Å². The molecule has 3 nitrogen and oxygen atoms in total. The summed E-state index contributed by atoms with van der Waals surface area (Å²) in [6, 6.07) is 14.4. The molecule has 0 unspecified atom stereocenters. The highest BCUT2D eigenvalue weighted by Gasteiger charge is 2.33. The van der Waals surface area contributed by atoms with Crippen LogP contribution in [0.15, 0.2) is 51.9 Å². The van der Waals surface area contributed by atoms with Crippen molar-refractivity contribution < 1.29 is 5.11 Å². The van der Waals surface area contributed by atoms with Crippen LogP contribution in [-0.4, -0.2) is 16.5 Å². The zero-order valence-corrected chi connectivity index (χ0v) is 17.3. The molecular formula is C22H27BrN2O. The molecule has 4 heteroatoms. The monoisotopic (exact) mass is 414 g/mol. The van der Waals surface area contributed by atoms with E-state index in [1.807, 2.05) is 12.1 Å². The Kier molecular flexibility index (Phi) is 5.83. The van der Waals surface area contributed by atoms with Gasteiger partial charge in [-0.25, -0.2) is 0 Å². The van der Waals surface area contributed by atoms with Gasteiger partial charge in [0, 0.05) is 28.2 Å². The van der Waals surface area contributed by atoms with Crippen molar-refractivity contribution >= 4 is 21.6 Å². The Morgan fingerprint density at radius 3 is 2.58 bits per heavy atom. The number of rotatable bonds is 5. The number of nitrogens with one attached hydrogen (secondary N) is 1. The van der Waals surface area contributed by atoms with Gasteiger partial charge < -0.3 is 5.11 Å². The highest BCUT2D eigenvalue weighted by atomic mass is 79.9. The molecule has 0 saturated heterocycles. The van der Waals surface area contributed by atoms with Crippen molar-refractivity contribution in [1.29, 1.82) is 0 Å². The van der Waals surface area contributed by atoms with E-state index < -0.39 is 0 Å². The molecule has 0 aromatic heterocycles. The highest BCUT2D eigenvalue weighted by Crippen LogP contribution is 2.36. The maximum Gasteiger partial charge on any atom is 0.120 e.